The van der Waals surface area contributed by atoms with Crippen LogP contribution in [-0.4, -0.2) is 23.7 Å². The van der Waals surface area contributed by atoms with Crippen molar-refractivity contribution in [2.45, 2.75) is 6.10 Å². The van der Waals surface area contributed by atoms with Gasteiger partial charge in [-0.3, -0.25) is 4.98 Å². The van der Waals surface area contributed by atoms with Crippen molar-refractivity contribution in [1.82, 2.24) is 4.98 Å². The fourth-order valence-corrected chi connectivity index (χ4v) is 1.73. The summed E-state index contributed by atoms with van der Waals surface area (Å²) in [7, 11) is 0. The van der Waals surface area contributed by atoms with E-state index in [1.54, 1.807) is 30.5 Å². The molecule has 19 heavy (non-hydrogen) atoms. The highest BCUT2D eigenvalue weighted by Crippen LogP contribution is 2.31. The molecule has 5 nitrogen and oxygen atoms in total. The molecule has 0 saturated carbocycles. The lowest BCUT2D eigenvalue weighted by Gasteiger charge is -2.24. The number of fused-ring (bicyclic) bond motifs is 1. The Morgan fingerprint density at radius 1 is 1.21 bits per heavy atom. The van der Waals surface area contributed by atoms with Crippen LogP contribution in [0.25, 0.3) is 0 Å². The van der Waals surface area contributed by atoms with E-state index in [1.165, 1.54) is 6.20 Å². The molecular formula is C14H11NO4. The van der Waals surface area contributed by atoms with Crippen molar-refractivity contribution >= 4 is 5.97 Å². The summed E-state index contributed by atoms with van der Waals surface area (Å²) in [6, 6.07) is 10.5. The van der Waals surface area contributed by atoms with Gasteiger partial charge in [0.05, 0.1) is 6.20 Å². The number of pyridine rings is 1. The maximum absolute atomic E-state index is 11.9. The third kappa shape index (κ3) is 2.49. The van der Waals surface area contributed by atoms with E-state index in [4.69, 9.17) is 14.2 Å². The fraction of sp³-hybridized carbons (Fsp3) is 0.143. The van der Waals surface area contributed by atoms with Crippen molar-refractivity contribution in [3.63, 3.8) is 0 Å². The van der Waals surface area contributed by atoms with Crippen molar-refractivity contribution in [1.29, 1.82) is 0 Å². The number of benzene rings is 1. The quantitative estimate of drug-likeness (QED) is 0.768. The normalized spacial score (nSPS) is 16.7. The molecule has 0 aliphatic carbocycles. The van der Waals surface area contributed by atoms with E-state index < -0.39 is 12.1 Å². The minimum absolute atomic E-state index is 0.135. The van der Waals surface area contributed by atoms with Gasteiger partial charge in [-0.15, -0.1) is 0 Å². The number of esters is 1. The number of carbonyl (C=O) groups is 1. The van der Waals surface area contributed by atoms with Crippen LogP contribution in [0.1, 0.15) is 0 Å². The first kappa shape index (κ1) is 11.5. The molecule has 0 spiro atoms. The molecule has 1 aliphatic heterocycles. The van der Waals surface area contributed by atoms with Crippen LogP contribution in [0.4, 0.5) is 0 Å². The van der Waals surface area contributed by atoms with Crippen LogP contribution in [-0.2, 0) is 4.79 Å². The maximum Gasteiger partial charge on any atom is 0.356 e. The zero-order valence-corrected chi connectivity index (χ0v) is 9.98. The van der Waals surface area contributed by atoms with E-state index in [-0.39, 0.29) is 6.61 Å². The molecule has 0 amide bonds. The Labute approximate surface area is 109 Å². The van der Waals surface area contributed by atoms with E-state index >= 15 is 0 Å². The predicted octanol–water partition coefficient (Wildman–Crippen LogP) is 1.83. The zero-order valence-electron chi connectivity index (χ0n) is 9.98. The molecule has 1 aromatic carbocycles. The Bertz CT molecular complexity index is 585. The van der Waals surface area contributed by atoms with Crippen LogP contribution in [0.5, 0.6) is 17.2 Å². The lowest BCUT2D eigenvalue weighted by Crippen LogP contribution is -2.39. The smallest absolute Gasteiger partial charge is 0.356 e. The number of aromatic nitrogens is 1. The van der Waals surface area contributed by atoms with Crippen molar-refractivity contribution in [2.24, 2.45) is 0 Å². The average Bonchev–Trinajstić information content (AvgIpc) is 2.48. The molecule has 2 aromatic rings. The molecule has 2 heterocycles. The van der Waals surface area contributed by atoms with E-state index in [9.17, 15) is 4.79 Å². The van der Waals surface area contributed by atoms with Gasteiger partial charge < -0.3 is 14.2 Å². The van der Waals surface area contributed by atoms with Gasteiger partial charge in [0, 0.05) is 6.20 Å². The summed E-state index contributed by atoms with van der Waals surface area (Å²) in [5, 5.41) is 0. The van der Waals surface area contributed by atoms with Gasteiger partial charge in [0.1, 0.15) is 12.4 Å². The SMILES string of the molecule is O=C(Oc1cccnc1)C1COc2ccccc2O1. The van der Waals surface area contributed by atoms with E-state index in [0.29, 0.717) is 17.2 Å². The Hall–Kier alpha value is -2.56. The Morgan fingerprint density at radius 2 is 2.05 bits per heavy atom. The Morgan fingerprint density at radius 3 is 2.84 bits per heavy atom. The molecule has 1 aliphatic rings. The van der Waals surface area contributed by atoms with E-state index in [2.05, 4.69) is 4.98 Å². The molecule has 0 N–H and O–H groups in total. The van der Waals surface area contributed by atoms with Gasteiger partial charge in [0.2, 0.25) is 6.10 Å². The van der Waals surface area contributed by atoms with Gasteiger partial charge in [-0.25, -0.2) is 4.79 Å². The number of ether oxygens (including phenoxy) is 3. The summed E-state index contributed by atoms with van der Waals surface area (Å²) in [6.07, 6.45) is 2.30. The van der Waals surface area contributed by atoms with Crippen molar-refractivity contribution < 1.29 is 19.0 Å². The number of nitrogens with zero attached hydrogens (tertiary/aromatic N) is 1. The van der Waals surface area contributed by atoms with Gasteiger partial charge in [-0.2, -0.15) is 0 Å². The number of rotatable bonds is 2. The Kier molecular flexibility index (Phi) is 3.02. The highest BCUT2D eigenvalue weighted by Gasteiger charge is 2.29. The molecule has 5 heteroatoms. The molecule has 0 saturated heterocycles. The summed E-state index contributed by atoms with van der Waals surface area (Å²) in [5.74, 6) is 1.06. The monoisotopic (exact) mass is 257 g/mol. The van der Waals surface area contributed by atoms with Crippen molar-refractivity contribution in [3.8, 4) is 17.2 Å². The van der Waals surface area contributed by atoms with Crippen LogP contribution < -0.4 is 14.2 Å². The maximum atomic E-state index is 11.9. The minimum Gasteiger partial charge on any atom is -0.485 e. The highest BCUT2D eigenvalue weighted by molar-refractivity contribution is 5.78. The van der Waals surface area contributed by atoms with E-state index in [0.717, 1.165) is 0 Å². The highest BCUT2D eigenvalue weighted by atomic mass is 16.6. The van der Waals surface area contributed by atoms with Crippen LogP contribution in [0.3, 0.4) is 0 Å². The van der Waals surface area contributed by atoms with Crippen molar-refractivity contribution in [3.05, 3.63) is 48.8 Å². The summed E-state index contributed by atoms with van der Waals surface area (Å²) in [6.45, 7) is 0.135. The first-order chi connectivity index (χ1) is 9.33. The summed E-state index contributed by atoms with van der Waals surface area (Å²) >= 11 is 0. The molecule has 1 atom stereocenters. The minimum atomic E-state index is -0.768. The fourth-order valence-electron chi connectivity index (χ4n) is 1.73. The largest absolute Gasteiger partial charge is 0.485 e. The Balaban J connectivity index is 1.70. The topological polar surface area (TPSA) is 57.7 Å². The van der Waals surface area contributed by atoms with Crippen LogP contribution in [0.2, 0.25) is 0 Å². The molecule has 0 fully saturated rings. The first-order valence-corrected chi connectivity index (χ1v) is 5.83. The molecular weight excluding hydrogens is 246 g/mol. The van der Waals surface area contributed by atoms with E-state index in [1.807, 2.05) is 12.1 Å². The molecule has 3 rings (SSSR count). The van der Waals surface area contributed by atoms with Crippen LogP contribution >= 0.6 is 0 Å². The van der Waals surface area contributed by atoms with Crippen molar-refractivity contribution in [2.75, 3.05) is 6.61 Å². The van der Waals surface area contributed by atoms with Crippen LogP contribution in [0, 0.1) is 0 Å². The van der Waals surface area contributed by atoms with Gasteiger partial charge in [-0.05, 0) is 24.3 Å². The second kappa shape index (κ2) is 4.97. The predicted molar refractivity (Wildman–Crippen MR) is 66.2 cm³/mol. The van der Waals surface area contributed by atoms with Crippen LogP contribution in [0.15, 0.2) is 48.8 Å². The number of hydrogen-bond acceptors (Lipinski definition) is 5. The van der Waals surface area contributed by atoms with Gasteiger partial charge >= 0.3 is 5.97 Å². The second-order valence-corrected chi connectivity index (χ2v) is 3.97. The zero-order chi connectivity index (χ0) is 13.1. The third-order valence-electron chi connectivity index (χ3n) is 2.62. The first-order valence-electron chi connectivity index (χ1n) is 5.83. The number of carbonyl (C=O) groups excluding carboxylic acids is 1. The molecule has 0 bridgehead atoms. The molecule has 0 radical (unpaired) electrons. The molecule has 96 valence electrons. The third-order valence-corrected chi connectivity index (χ3v) is 2.62. The number of para-hydroxylation sites is 2. The number of hydrogen-bond donors (Lipinski definition) is 0. The molecule has 1 aromatic heterocycles. The summed E-state index contributed by atoms with van der Waals surface area (Å²) in [5.41, 5.74) is 0. The van der Waals surface area contributed by atoms with Gasteiger partial charge in [0.25, 0.3) is 0 Å². The summed E-state index contributed by atoms with van der Waals surface area (Å²) < 4.78 is 16.2. The lowest BCUT2D eigenvalue weighted by molar-refractivity contribution is -0.144. The standard InChI is InChI=1S/C14H11NO4/c16-14(18-10-4-3-7-15-8-10)13-9-17-11-5-1-2-6-12(11)19-13/h1-8,13H,9H2. The molecule has 1 unspecified atom stereocenters. The summed E-state index contributed by atoms with van der Waals surface area (Å²) in [4.78, 5) is 15.8. The van der Waals surface area contributed by atoms with Gasteiger partial charge in [-0.1, -0.05) is 12.1 Å². The van der Waals surface area contributed by atoms with Gasteiger partial charge in [0.15, 0.2) is 11.5 Å². The average molecular weight is 257 g/mol. The second-order valence-electron chi connectivity index (χ2n) is 3.97. The lowest BCUT2D eigenvalue weighted by atomic mass is 10.2.